The molecule has 2 rings (SSSR count). The van der Waals surface area contributed by atoms with Gasteiger partial charge in [-0.05, 0) is 50.7 Å². The quantitative estimate of drug-likeness (QED) is 0.769. The third-order valence-electron chi connectivity index (χ3n) is 4.90. The van der Waals surface area contributed by atoms with Crippen LogP contribution in [-0.4, -0.2) is 40.8 Å². The summed E-state index contributed by atoms with van der Waals surface area (Å²) in [6.07, 6.45) is 3.08. The Morgan fingerprint density at radius 1 is 1.16 bits per heavy atom. The minimum atomic E-state index is -0.789. The van der Waals surface area contributed by atoms with E-state index < -0.39 is 5.97 Å². The van der Waals surface area contributed by atoms with Crippen molar-refractivity contribution in [2.75, 3.05) is 13.1 Å². The van der Waals surface area contributed by atoms with E-state index in [1.165, 1.54) is 0 Å². The lowest BCUT2D eigenvalue weighted by Crippen LogP contribution is -2.40. The van der Waals surface area contributed by atoms with Crippen molar-refractivity contribution in [3.05, 3.63) is 34.9 Å². The second kappa shape index (κ2) is 8.79. The molecule has 0 spiro atoms. The molecule has 1 unspecified atom stereocenters. The van der Waals surface area contributed by atoms with Gasteiger partial charge in [0, 0.05) is 37.9 Å². The van der Waals surface area contributed by atoms with E-state index >= 15 is 0 Å². The van der Waals surface area contributed by atoms with E-state index in [2.05, 4.69) is 0 Å². The highest BCUT2D eigenvalue weighted by atomic mass is 16.4. The standard InChI is InChI=1S/C20H27NO4/c1-14-5-6-15(2)17(12-14)18(22)8-9-19(23)21-11-3-4-16(13-21)7-10-20(24)25/h5-6,12,16H,3-4,7-11,13H2,1-2H3,(H,24,25). The third kappa shape index (κ3) is 5.69. The molecule has 1 heterocycles. The second-order valence-corrected chi connectivity index (χ2v) is 7.02. The van der Waals surface area contributed by atoms with Gasteiger partial charge in [0.1, 0.15) is 0 Å². The molecule has 1 atom stereocenters. The molecule has 0 aromatic heterocycles. The minimum Gasteiger partial charge on any atom is -0.481 e. The predicted octanol–water partition coefficient (Wildman–Crippen LogP) is 3.37. The summed E-state index contributed by atoms with van der Waals surface area (Å²) >= 11 is 0. The van der Waals surface area contributed by atoms with Crippen LogP contribution in [0.15, 0.2) is 18.2 Å². The molecule has 0 saturated carbocycles. The average molecular weight is 345 g/mol. The van der Waals surface area contributed by atoms with Gasteiger partial charge in [0.15, 0.2) is 5.78 Å². The van der Waals surface area contributed by atoms with Crippen molar-refractivity contribution in [3.63, 3.8) is 0 Å². The van der Waals surface area contributed by atoms with E-state index in [0.29, 0.717) is 25.1 Å². The molecule has 1 aliphatic rings. The van der Waals surface area contributed by atoms with Gasteiger partial charge in [0.2, 0.25) is 5.91 Å². The first-order valence-corrected chi connectivity index (χ1v) is 8.97. The van der Waals surface area contributed by atoms with Crippen LogP contribution >= 0.6 is 0 Å². The minimum absolute atomic E-state index is 0.00122. The molecule has 1 N–H and O–H groups in total. The zero-order chi connectivity index (χ0) is 18.4. The maximum absolute atomic E-state index is 12.4. The van der Waals surface area contributed by atoms with Gasteiger partial charge in [-0.15, -0.1) is 0 Å². The number of benzene rings is 1. The number of amides is 1. The monoisotopic (exact) mass is 345 g/mol. The molecule has 5 heteroatoms. The second-order valence-electron chi connectivity index (χ2n) is 7.02. The predicted molar refractivity (Wildman–Crippen MR) is 95.7 cm³/mol. The van der Waals surface area contributed by atoms with Crippen LogP contribution < -0.4 is 0 Å². The molecule has 25 heavy (non-hydrogen) atoms. The zero-order valence-electron chi connectivity index (χ0n) is 15.1. The summed E-state index contributed by atoms with van der Waals surface area (Å²) in [6, 6.07) is 5.79. The smallest absolute Gasteiger partial charge is 0.303 e. The first-order valence-electron chi connectivity index (χ1n) is 8.97. The number of piperidine rings is 1. The number of aryl methyl sites for hydroxylation is 2. The summed E-state index contributed by atoms with van der Waals surface area (Å²) in [5.41, 5.74) is 2.68. The van der Waals surface area contributed by atoms with Gasteiger partial charge in [-0.2, -0.15) is 0 Å². The van der Waals surface area contributed by atoms with Crippen LogP contribution in [-0.2, 0) is 9.59 Å². The number of hydrogen-bond donors (Lipinski definition) is 1. The van der Waals surface area contributed by atoms with E-state index in [4.69, 9.17) is 5.11 Å². The molecular formula is C20H27NO4. The molecule has 1 aromatic carbocycles. The van der Waals surface area contributed by atoms with Gasteiger partial charge in [-0.3, -0.25) is 14.4 Å². The zero-order valence-corrected chi connectivity index (χ0v) is 15.1. The van der Waals surface area contributed by atoms with Crippen molar-refractivity contribution in [2.45, 2.75) is 52.4 Å². The number of rotatable bonds is 7. The summed E-state index contributed by atoms with van der Waals surface area (Å²) in [6.45, 7) is 5.18. The molecular weight excluding hydrogens is 318 g/mol. The van der Waals surface area contributed by atoms with Gasteiger partial charge in [0.05, 0.1) is 0 Å². The molecule has 5 nitrogen and oxygen atoms in total. The molecule has 0 bridgehead atoms. The van der Waals surface area contributed by atoms with Crippen molar-refractivity contribution in [3.8, 4) is 0 Å². The molecule has 1 saturated heterocycles. The third-order valence-corrected chi connectivity index (χ3v) is 4.90. The van der Waals surface area contributed by atoms with Gasteiger partial charge in [-0.1, -0.05) is 17.7 Å². The Hall–Kier alpha value is -2.17. The van der Waals surface area contributed by atoms with Crippen molar-refractivity contribution in [2.24, 2.45) is 5.92 Å². The highest BCUT2D eigenvalue weighted by Crippen LogP contribution is 2.22. The van der Waals surface area contributed by atoms with Crippen molar-refractivity contribution < 1.29 is 19.5 Å². The Morgan fingerprint density at radius 3 is 2.64 bits per heavy atom. The summed E-state index contributed by atoms with van der Waals surface area (Å²) in [5.74, 6) is -0.529. The van der Waals surface area contributed by atoms with Crippen LogP contribution in [0.2, 0.25) is 0 Å². The molecule has 136 valence electrons. The Bertz CT molecular complexity index is 653. The molecule has 1 fully saturated rings. The fourth-order valence-electron chi connectivity index (χ4n) is 3.40. The summed E-state index contributed by atoms with van der Waals surface area (Å²) < 4.78 is 0. The van der Waals surface area contributed by atoms with Crippen molar-refractivity contribution >= 4 is 17.7 Å². The number of carbonyl (C=O) groups excluding carboxylic acids is 2. The maximum atomic E-state index is 12.4. The van der Waals surface area contributed by atoms with Crippen LogP contribution in [0.25, 0.3) is 0 Å². The highest BCUT2D eigenvalue weighted by Gasteiger charge is 2.24. The molecule has 0 aliphatic carbocycles. The van der Waals surface area contributed by atoms with Crippen LogP contribution in [0.4, 0.5) is 0 Å². The number of carboxylic acids is 1. The van der Waals surface area contributed by atoms with Crippen LogP contribution in [0.1, 0.15) is 60.0 Å². The van der Waals surface area contributed by atoms with E-state index in [1.807, 2.05) is 32.0 Å². The Morgan fingerprint density at radius 2 is 1.92 bits per heavy atom. The summed E-state index contributed by atoms with van der Waals surface area (Å²) in [5, 5.41) is 8.80. The number of carbonyl (C=O) groups is 3. The molecule has 0 radical (unpaired) electrons. The van der Waals surface area contributed by atoms with E-state index in [1.54, 1.807) is 4.90 Å². The number of aliphatic carboxylic acids is 1. The van der Waals surface area contributed by atoms with Crippen molar-refractivity contribution in [1.29, 1.82) is 0 Å². The topological polar surface area (TPSA) is 74.7 Å². The van der Waals surface area contributed by atoms with Crippen LogP contribution in [0, 0.1) is 19.8 Å². The van der Waals surface area contributed by atoms with Crippen LogP contribution in [0.5, 0.6) is 0 Å². The van der Waals surface area contributed by atoms with E-state index in [0.717, 1.165) is 24.0 Å². The highest BCUT2D eigenvalue weighted by molar-refractivity contribution is 5.99. The fourth-order valence-corrected chi connectivity index (χ4v) is 3.40. The van der Waals surface area contributed by atoms with Crippen LogP contribution in [0.3, 0.4) is 0 Å². The van der Waals surface area contributed by atoms with E-state index in [-0.39, 0.29) is 36.9 Å². The van der Waals surface area contributed by atoms with Gasteiger partial charge >= 0.3 is 5.97 Å². The van der Waals surface area contributed by atoms with Gasteiger partial charge in [0.25, 0.3) is 0 Å². The lowest BCUT2D eigenvalue weighted by atomic mass is 9.93. The maximum Gasteiger partial charge on any atom is 0.303 e. The number of hydrogen-bond acceptors (Lipinski definition) is 3. The Balaban J connectivity index is 1.85. The molecule has 1 amide bonds. The first kappa shape index (κ1) is 19.2. The number of Topliss-reactive ketones (excluding diaryl/α,β-unsaturated/α-hetero) is 1. The van der Waals surface area contributed by atoms with Gasteiger partial charge < -0.3 is 10.0 Å². The number of likely N-dealkylation sites (tertiary alicyclic amines) is 1. The van der Waals surface area contributed by atoms with Gasteiger partial charge in [-0.25, -0.2) is 0 Å². The molecule has 1 aromatic rings. The first-order chi connectivity index (χ1) is 11.9. The summed E-state index contributed by atoms with van der Waals surface area (Å²) in [4.78, 5) is 37.3. The number of carboxylic acid groups (broad SMARTS) is 1. The number of nitrogens with zero attached hydrogens (tertiary/aromatic N) is 1. The normalized spacial score (nSPS) is 17.4. The molecule has 1 aliphatic heterocycles. The SMILES string of the molecule is Cc1ccc(C)c(C(=O)CCC(=O)N2CCCC(CCC(=O)O)C2)c1. The van der Waals surface area contributed by atoms with Crippen molar-refractivity contribution in [1.82, 2.24) is 4.90 Å². The number of ketones is 1. The van der Waals surface area contributed by atoms with E-state index in [9.17, 15) is 14.4 Å². The Labute approximate surface area is 149 Å². The lowest BCUT2D eigenvalue weighted by molar-refractivity contribution is -0.137. The largest absolute Gasteiger partial charge is 0.481 e. The fraction of sp³-hybridized carbons (Fsp3) is 0.550. The summed E-state index contributed by atoms with van der Waals surface area (Å²) in [7, 11) is 0. The Kier molecular flexibility index (Phi) is 6.73. The average Bonchev–Trinajstić information content (AvgIpc) is 2.59. The lowest BCUT2D eigenvalue weighted by Gasteiger charge is -2.32.